The summed E-state index contributed by atoms with van der Waals surface area (Å²) in [5.74, 6) is 0.0252. The van der Waals surface area contributed by atoms with Gasteiger partial charge < -0.3 is 4.90 Å². The van der Waals surface area contributed by atoms with Gasteiger partial charge in [0, 0.05) is 17.3 Å². The molecule has 0 unspecified atom stereocenters. The third kappa shape index (κ3) is 3.06. The molecule has 1 atom stereocenters. The lowest BCUT2D eigenvalue weighted by molar-refractivity contribution is -0.129. The number of amides is 1. The summed E-state index contributed by atoms with van der Waals surface area (Å²) in [7, 11) is 0. The SMILES string of the molecule is C=CC(=O)N1CCCC[C@H]1c1nc(C(C)(C)C)cs1. The first kappa shape index (κ1) is 14.3. The van der Waals surface area contributed by atoms with E-state index in [1.807, 2.05) is 4.90 Å². The van der Waals surface area contributed by atoms with E-state index in [1.165, 1.54) is 6.08 Å². The van der Waals surface area contributed by atoms with Crippen LogP contribution < -0.4 is 0 Å². The highest BCUT2D eigenvalue weighted by molar-refractivity contribution is 7.09. The molecule has 0 N–H and O–H groups in total. The van der Waals surface area contributed by atoms with Gasteiger partial charge in [-0.2, -0.15) is 0 Å². The lowest BCUT2D eigenvalue weighted by Gasteiger charge is -2.33. The minimum absolute atomic E-state index is 0.0252. The monoisotopic (exact) mass is 278 g/mol. The molecule has 1 saturated heterocycles. The van der Waals surface area contributed by atoms with E-state index in [9.17, 15) is 4.79 Å². The third-order valence-electron chi connectivity index (χ3n) is 3.54. The van der Waals surface area contributed by atoms with E-state index in [-0.39, 0.29) is 17.4 Å². The van der Waals surface area contributed by atoms with Crippen molar-refractivity contribution < 1.29 is 4.79 Å². The number of nitrogens with zero attached hydrogens (tertiary/aromatic N) is 2. The molecule has 2 rings (SSSR count). The van der Waals surface area contributed by atoms with Gasteiger partial charge in [0.25, 0.3) is 0 Å². The summed E-state index contributed by atoms with van der Waals surface area (Å²) in [4.78, 5) is 18.6. The second-order valence-electron chi connectivity index (χ2n) is 6.07. The summed E-state index contributed by atoms with van der Waals surface area (Å²) in [6.45, 7) is 10.9. The Kier molecular flexibility index (Phi) is 4.09. The highest BCUT2D eigenvalue weighted by atomic mass is 32.1. The van der Waals surface area contributed by atoms with Crippen molar-refractivity contribution in [2.24, 2.45) is 0 Å². The van der Waals surface area contributed by atoms with Crippen LogP contribution in [0, 0.1) is 0 Å². The lowest BCUT2D eigenvalue weighted by Crippen LogP contribution is -2.37. The van der Waals surface area contributed by atoms with Crippen molar-refractivity contribution in [3.8, 4) is 0 Å². The smallest absolute Gasteiger partial charge is 0.246 e. The van der Waals surface area contributed by atoms with Gasteiger partial charge in [-0.1, -0.05) is 27.4 Å². The van der Waals surface area contributed by atoms with Gasteiger partial charge in [-0.15, -0.1) is 11.3 Å². The van der Waals surface area contributed by atoms with E-state index < -0.39 is 0 Å². The molecular formula is C15H22N2OS. The van der Waals surface area contributed by atoms with Crippen molar-refractivity contribution in [1.29, 1.82) is 0 Å². The van der Waals surface area contributed by atoms with Gasteiger partial charge in [0.2, 0.25) is 5.91 Å². The average molecular weight is 278 g/mol. The molecule has 0 saturated carbocycles. The molecule has 2 heterocycles. The molecule has 3 nitrogen and oxygen atoms in total. The zero-order chi connectivity index (χ0) is 14.0. The van der Waals surface area contributed by atoms with Crippen molar-refractivity contribution in [1.82, 2.24) is 9.88 Å². The number of aromatic nitrogens is 1. The van der Waals surface area contributed by atoms with Gasteiger partial charge in [-0.3, -0.25) is 4.79 Å². The molecule has 1 aromatic rings. The fourth-order valence-electron chi connectivity index (χ4n) is 2.35. The minimum Gasteiger partial charge on any atom is -0.330 e. The fourth-order valence-corrected chi connectivity index (χ4v) is 3.55. The third-order valence-corrected chi connectivity index (χ3v) is 4.48. The van der Waals surface area contributed by atoms with E-state index >= 15 is 0 Å². The van der Waals surface area contributed by atoms with Crippen LogP contribution in [0.1, 0.15) is 56.8 Å². The highest BCUT2D eigenvalue weighted by Gasteiger charge is 2.29. The van der Waals surface area contributed by atoms with Crippen molar-refractivity contribution in [3.05, 3.63) is 28.7 Å². The van der Waals surface area contributed by atoms with Gasteiger partial charge >= 0.3 is 0 Å². The molecule has 1 amide bonds. The minimum atomic E-state index is 0.0252. The Labute approximate surface area is 119 Å². The molecule has 0 radical (unpaired) electrons. The van der Waals surface area contributed by atoms with Gasteiger partial charge in [0.15, 0.2) is 0 Å². The molecule has 1 aliphatic rings. The first-order chi connectivity index (χ1) is 8.93. The van der Waals surface area contributed by atoms with E-state index in [0.717, 1.165) is 36.5 Å². The van der Waals surface area contributed by atoms with Crippen LogP contribution in [0.4, 0.5) is 0 Å². The fraction of sp³-hybridized carbons (Fsp3) is 0.600. The second-order valence-corrected chi connectivity index (χ2v) is 6.96. The van der Waals surface area contributed by atoms with Gasteiger partial charge in [-0.05, 0) is 25.3 Å². The molecule has 1 aliphatic heterocycles. The molecule has 4 heteroatoms. The maximum absolute atomic E-state index is 11.9. The topological polar surface area (TPSA) is 33.2 Å². The number of carbonyl (C=O) groups excluding carboxylic acids is 1. The van der Waals surface area contributed by atoms with Crippen molar-refractivity contribution in [2.75, 3.05) is 6.54 Å². The van der Waals surface area contributed by atoms with E-state index in [0.29, 0.717) is 0 Å². The molecule has 1 fully saturated rings. The van der Waals surface area contributed by atoms with Crippen LogP contribution >= 0.6 is 11.3 Å². The largest absolute Gasteiger partial charge is 0.330 e. The van der Waals surface area contributed by atoms with Gasteiger partial charge in [0.05, 0.1) is 11.7 Å². The van der Waals surface area contributed by atoms with Crippen LogP contribution in [0.25, 0.3) is 0 Å². The predicted octanol–water partition coefficient (Wildman–Crippen LogP) is 3.68. The van der Waals surface area contributed by atoms with Crippen LogP contribution in [0.3, 0.4) is 0 Å². The van der Waals surface area contributed by atoms with Gasteiger partial charge in [0.1, 0.15) is 5.01 Å². The summed E-state index contributed by atoms with van der Waals surface area (Å²) in [5.41, 5.74) is 1.18. The number of hydrogen-bond acceptors (Lipinski definition) is 3. The zero-order valence-electron chi connectivity index (χ0n) is 12.0. The number of likely N-dealkylation sites (tertiary alicyclic amines) is 1. The highest BCUT2D eigenvalue weighted by Crippen LogP contribution is 2.35. The molecular weight excluding hydrogens is 256 g/mol. The number of carbonyl (C=O) groups is 1. The van der Waals surface area contributed by atoms with E-state index in [4.69, 9.17) is 4.98 Å². The Bertz CT molecular complexity index is 473. The number of hydrogen-bond donors (Lipinski definition) is 0. The Balaban J connectivity index is 2.25. The van der Waals surface area contributed by atoms with Crippen LogP contribution in [0.5, 0.6) is 0 Å². The second kappa shape index (κ2) is 5.45. The maximum atomic E-state index is 11.9. The first-order valence-electron chi connectivity index (χ1n) is 6.82. The summed E-state index contributed by atoms with van der Waals surface area (Å²) >= 11 is 1.68. The van der Waals surface area contributed by atoms with E-state index in [1.54, 1.807) is 11.3 Å². The summed E-state index contributed by atoms with van der Waals surface area (Å²) < 4.78 is 0. The lowest BCUT2D eigenvalue weighted by atomic mass is 9.93. The normalized spacial score (nSPS) is 20.4. The van der Waals surface area contributed by atoms with Crippen LogP contribution in [-0.4, -0.2) is 22.3 Å². The molecule has 0 bridgehead atoms. The maximum Gasteiger partial charge on any atom is 0.246 e. The Hall–Kier alpha value is -1.16. The predicted molar refractivity (Wildman–Crippen MR) is 79.3 cm³/mol. The molecule has 1 aromatic heterocycles. The van der Waals surface area contributed by atoms with Gasteiger partial charge in [-0.25, -0.2) is 4.98 Å². The van der Waals surface area contributed by atoms with Crippen molar-refractivity contribution in [2.45, 2.75) is 51.5 Å². The summed E-state index contributed by atoms with van der Waals surface area (Å²) in [6.07, 6.45) is 4.66. The number of thiazole rings is 1. The van der Waals surface area contributed by atoms with Crippen molar-refractivity contribution >= 4 is 17.2 Å². The zero-order valence-corrected chi connectivity index (χ0v) is 12.8. The molecule has 104 valence electrons. The molecule has 0 spiro atoms. The number of rotatable bonds is 2. The summed E-state index contributed by atoms with van der Waals surface area (Å²) in [6, 6.07) is 0.139. The van der Waals surface area contributed by atoms with Crippen LogP contribution in [0.2, 0.25) is 0 Å². The number of piperidine rings is 1. The van der Waals surface area contributed by atoms with Crippen LogP contribution in [0.15, 0.2) is 18.0 Å². The Morgan fingerprint density at radius 3 is 2.84 bits per heavy atom. The molecule has 0 aromatic carbocycles. The average Bonchev–Trinajstić information content (AvgIpc) is 2.87. The Morgan fingerprint density at radius 1 is 1.53 bits per heavy atom. The van der Waals surface area contributed by atoms with E-state index in [2.05, 4.69) is 32.7 Å². The standard InChI is InChI=1S/C15H22N2OS/c1-5-13(18)17-9-7-6-8-11(17)14-16-12(10-19-14)15(2,3)4/h5,10-11H,1,6-9H2,2-4H3/t11-/m0/s1. The summed E-state index contributed by atoms with van der Waals surface area (Å²) in [5, 5.41) is 3.19. The first-order valence-corrected chi connectivity index (χ1v) is 7.70. The van der Waals surface area contributed by atoms with Crippen molar-refractivity contribution in [3.63, 3.8) is 0 Å². The molecule has 19 heavy (non-hydrogen) atoms. The Morgan fingerprint density at radius 2 is 2.26 bits per heavy atom. The molecule has 0 aliphatic carbocycles. The quantitative estimate of drug-likeness (QED) is 0.773. The van der Waals surface area contributed by atoms with Crippen LogP contribution in [-0.2, 0) is 10.2 Å².